The number of rotatable bonds is 4. The smallest absolute Gasteiger partial charge is 0.369 e. The Bertz CT molecular complexity index is 581. The van der Waals surface area contributed by atoms with Gasteiger partial charge in [0.25, 0.3) is 5.60 Å². The first-order chi connectivity index (χ1) is 11.3. The molecule has 1 aromatic carbocycles. The molecule has 0 bridgehead atoms. The zero-order valence-corrected chi connectivity index (χ0v) is 13.8. The summed E-state index contributed by atoms with van der Waals surface area (Å²) in [7, 11) is 3.05. The lowest BCUT2D eigenvalue weighted by atomic mass is 9.92. The lowest BCUT2D eigenvalue weighted by molar-refractivity contribution is -0.376. The number of hydrogen-bond acceptors (Lipinski definition) is 1. The van der Waals surface area contributed by atoms with Gasteiger partial charge in [0, 0.05) is 31.9 Å². The van der Waals surface area contributed by atoms with E-state index in [-0.39, 0.29) is 18.2 Å². The minimum Gasteiger partial charge on any atom is -0.369 e. The molecule has 1 radical (unpaired) electrons. The molecule has 141 valence electrons. The third-order valence-corrected chi connectivity index (χ3v) is 3.51. The van der Waals surface area contributed by atoms with E-state index in [4.69, 9.17) is 0 Å². The minimum absolute atomic E-state index is 0.184. The second-order valence-electron chi connectivity index (χ2n) is 5.60. The maximum absolute atomic E-state index is 12.9. The van der Waals surface area contributed by atoms with Crippen LogP contribution in [0.2, 0.25) is 0 Å². The van der Waals surface area contributed by atoms with Crippen molar-refractivity contribution in [2.75, 3.05) is 25.5 Å². The molecule has 0 heterocycles. The third-order valence-electron chi connectivity index (χ3n) is 3.51. The Morgan fingerprint density at radius 1 is 1.00 bits per heavy atom. The third kappa shape index (κ3) is 4.00. The first-order valence-electron chi connectivity index (χ1n) is 7.24. The monoisotopic (exact) mass is 370 g/mol. The van der Waals surface area contributed by atoms with Crippen LogP contribution < -0.4 is 10.3 Å². The Balaban J connectivity index is 3.34. The topological polar surface area (TPSA) is 49.0 Å². The van der Waals surface area contributed by atoms with Gasteiger partial charge in [-0.2, -0.15) is 26.3 Å². The molecule has 10 heteroatoms. The van der Waals surface area contributed by atoms with E-state index in [2.05, 4.69) is 0 Å². The van der Waals surface area contributed by atoms with Crippen molar-refractivity contribution in [3.05, 3.63) is 29.8 Å². The molecule has 1 rings (SSSR count). The first kappa shape index (κ1) is 21.1. The van der Waals surface area contributed by atoms with Gasteiger partial charge >= 0.3 is 12.4 Å². The minimum atomic E-state index is -5.94. The Labute approximate surface area is 141 Å². The average molecular weight is 370 g/mol. The molecule has 0 aliphatic carbocycles. The van der Waals surface area contributed by atoms with Gasteiger partial charge in [-0.1, -0.05) is 19.1 Å². The first-order valence-corrected chi connectivity index (χ1v) is 7.24. The molecule has 0 aliphatic heterocycles. The lowest BCUT2D eigenvalue weighted by Gasteiger charge is -2.33. The fraction of sp³-hybridized carbons (Fsp3) is 0.533. The molecule has 0 saturated heterocycles. The Kier molecular flexibility index (Phi) is 5.99. The molecule has 0 amide bonds. The van der Waals surface area contributed by atoms with Gasteiger partial charge < -0.3 is 14.9 Å². The summed E-state index contributed by atoms with van der Waals surface area (Å²) in [4.78, 5) is 2.66. The summed E-state index contributed by atoms with van der Waals surface area (Å²) in [6.45, 7) is 2.07. The number of benzene rings is 1. The highest BCUT2D eigenvalue weighted by Gasteiger charge is 2.71. The summed E-state index contributed by atoms with van der Waals surface area (Å²) in [5.74, 6) is -0.225. The molecule has 4 nitrogen and oxygen atoms in total. The van der Waals surface area contributed by atoms with Gasteiger partial charge in [0.05, 0.1) is 0 Å². The summed E-state index contributed by atoms with van der Waals surface area (Å²) in [5, 5.41) is 19.4. The zero-order chi connectivity index (χ0) is 19.6. The Morgan fingerprint density at radius 3 is 1.76 bits per heavy atom. The number of nitrogens with zero attached hydrogens (tertiary/aromatic N) is 3. The van der Waals surface area contributed by atoms with Crippen LogP contribution in [0.3, 0.4) is 0 Å². The highest BCUT2D eigenvalue weighted by molar-refractivity contribution is 5.94. The number of alkyl halides is 6. The van der Waals surface area contributed by atoms with Crippen LogP contribution in [0.15, 0.2) is 24.3 Å². The highest BCUT2D eigenvalue weighted by atomic mass is 19.4. The summed E-state index contributed by atoms with van der Waals surface area (Å²) in [5.41, 5.74) is -6.14. The summed E-state index contributed by atoms with van der Waals surface area (Å²) < 4.78 is 77.2. The van der Waals surface area contributed by atoms with Crippen molar-refractivity contribution >= 4 is 11.6 Å². The summed E-state index contributed by atoms with van der Waals surface area (Å²) >= 11 is 0. The quantitative estimate of drug-likeness (QED) is 0.504. The predicted molar refractivity (Wildman–Crippen MR) is 80.9 cm³/mol. The van der Waals surface area contributed by atoms with Crippen molar-refractivity contribution in [2.24, 2.45) is 0 Å². The van der Waals surface area contributed by atoms with Crippen molar-refractivity contribution in [3.8, 4) is 0 Å². The predicted octanol–water partition coefficient (Wildman–Crippen LogP) is 2.93. The van der Waals surface area contributed by atoms with Gasteiger partial charge in [-0.15, -0.1) is 5.41 Å². The van der Waals surface area contributed by atoms with Crippen LogP contribution in [0.25, 0.3) is 0 Å². The van der Waals surface area contributed by atoms with Crippen LogP contribution in [0.5, 0.6) is 0 Å². The maximum atomic E-state index is 12.9. The normalized spacial score (nSPS) is 12.9. The molecule has 1 N–H and O–H groups in total. The standard InChI is InChI=1S/C15H18F6N3O/c1-4-9-24(12(22)23(2)3)11-7-5-10(6-8-11)13(25,14(16,17)18)15(19,20)21/h5-8,25H,4,9H2,1-3H3. The van der Waals surface area contributed by atoms with E-state index < -0.39 is 23.5 Å². The zero-order valence-electron chi connectivity index (χ0n) is 13.8. The van der Waals surface area contributed by atoms with E-state index in [1.54, 1.807) is 6.92 Å². The van der Waals surface area contributed by atoms with Crippen LogP contribution in [0, 0.1) is 0 Å². The fourth-order valence-electron chi connectivity index (χ4n) is 2.18. The second-order valence-corrected chi connectivity index (χ2v) is 5.60. The van der Waals surface area contributed by atoms with Gasteiger partial charge in [-0.25, -0.2) is 0 Å². The molecular formula is C15H18F6N3O. The van der Waals surface area contributed by atoms with Crippen LogP contribution >= 0.6 is 0 Å². The molecular weight excluding hydrogens is 352 g/mol. The molecule has 0 unspecified atom stereocenters. The van der Waals surface area contributed by atoms with Gasteiger partial charge in [0.2, 0.25) is 5.96 Å². The van der Waals surface area contributed by atoms with Crippen molar-refractivity contribution in [1.82, 2.24) is 10.3 Å². The van der Waals surface area contributed by atoms with Crippen LogP contribution in [0.1, 0.15) is 18.9 Å². The van der Waals surface area contributed by atoms with E-state index >= 15 is 0 Å². The van der Waals surface area contributed by atoms with Gasteiger partial charge in [-0.05, 0) is 18.6 Å². The molecule has 25 heavy (non-hydrogen) atoms. The van der Waals surface area contributed by atoms with Gasteiger partial charge in [0.15, 0.2) is 0 Å². The maximum Gasteiger partial charge on any atom is 0.430 e. The number of hydrogen-bond donors (Lipinski definition) is 1. The van der Waals surface area contributed by atoms with Crippen molar-refractivity contribution in [3.63, 3.8) is 0 Å². The Morgan fingerprint density at radius 2 is 1.44 bits per heavy atom. The summed E-state index contributed by atoms with van der Waals surface area (Å²) in [6, 6.07) is 3.05. The van der Waals surface area contributed by atoms with E-state index in [1.807, 2.05) is 0 Å². The van der Waals surface area contributed by atoms with E-state index in [0.717, 1.165) is 12.1 Å². The van der Waals surface area contributed by atoms with Crippen LogP contribution in [-0.4, -0.2) is 49.0 Å². The SMILES string of the molecule is CCCN(C(=[N])N(C)C)c1ccc(C(O)(C(F)(F)F)C(F)(F)F)cc1. The van der Waals surface area contributed by atoms with E-state index in [1.165, 1.54) is 23.9 Å². The molecule has 0 fully saturated rings. The van der Waals surface area contributed by atoms with Gasteiger partial charge in [-0.3, -0.25) is 0 Å². The molecule has 0 saturated carbocycles. The van der Waals surface area contributed by atoms with Crippen molar-refractivity contribution in [1.29, 1.82) is 0 Å². The van der Waals surface area contributed by atoms with Crippen molar-refractivity contribution in [2.45, 2.75) is 31.3 Å². The largest absolute Gasteiger partial charge is 0.430 e. The number of aliphatic hydroxyl groups is 1. The molecule has 0 atom stereocenters. The molecule has 0 spiro atoms. The van der Waals surface area contributed by atoms with Gasteiger partial charge in [0.1, 0.15) is 0 Å². The summed E-state index contributed by atoms with van der Waals surface area (Å²) in [6.07, 6.45) is -11.3. The highest BCUT2D eigenvalue weighted by Crippen LogP contribution is 2.50. The lowest BCUT2D eigenvalue weighted by Crippen LogP contribution is -2.53. The number of halogens is 6. The molecule has 1 aromatic rings. The van der Waals surface area contributed by atoms with Crippen LogP contribution in [0.4, 0.5) is 32.0 Å². The molecule has 0 aliphatic rings. The Hall–Kier alpha value is -1.97. The van der Waals surface area contributed by atoms with E-state index in [0.29, 0.717) is 18.6 Å². The molecule has 0 aromatic heterocycles. The number of anilines is 1. The average Bonchev–Trinajstić information content (AvgIpc) is 2.49. The fourth-order valence-corrected chi connectivity index (χ4v) is 2.18. The second kappa shape index (κ2) is 7.11. The van der Waals surface area contributed by atoms with Crippen molar-refractivity contribution < 1.29 is 31.4 Å². The van der Waals surface area contributed by atoms with Crippen LogP contribution in [-0.2, 0) is 5.60 Å². The number of guanidine groups is 1. The van der Waals surface area contributed by atoms with E-state index in [9.17, 15) is 36.9 Å².